The molecule has 6 aromatic carbocycles. The zero-order valence-electron chi connectivity index (χ0n) is 29.9. The van der Waals surface area contributed by atoms with Gasteiger partial charge in [0.25, 0.3) is 11.4 Å². The molecule has 0 saturated heterocycles. The number of benzene rings is 6. The average Bonchev–Trinajstić information content (AvgIpc) is 3.24. The Balaban J connectivity index is 1.23. The van der Waals surface area contributed by atoms with E-state index >= 15 is 0 Å². The summed E-state index contributed by atoms with van der Waals surface area (Å²) < 4.78 is 11.4. The van der Waals surface area contributed by atoms with Gasteiger partial charge in [-0.1, -0.05) is 72.8 Å². The molecular weight excluding hydrogens is 717 g/mol. The first-order valence-corrected chi connectivity index (χ1v) is 16.8. The second-order valence-corrected chi connectivity index (χ2v) is 11.6. The highest BCUT2D eigenvalue weighted by Crippen LogP contribution is 2.37. The van der Waals surface area contributed by atoms with Gasteiger partial charge in [0.15, 0.2) is 0 Å². The fourth-order valence-corrected chi connectivity index (χ4v) is 5.10. The Kier molecular flexibility index (Phi) is 12.1. The average molecular weight is 749 g/mol. The van der Waals surface area contributed by atoms with E-state index in [0.717, 1.165) is 11.1 Å². The van der Waals surface area contributed by atoms with Crippen molar-refractivity contribution in [2.45, 2.75) is 0 Å². The molecule has 0 aliphatic heterocycles. The molecule has 278 valence electrons. The first-order chi connectivity index (χ1) is 27.3. The number of hydrazone groups is 2. The van der Waals surface area contributed by atoms with Crippen molar-refractivity contribution >= 4 is 45.8 Å². The Hall–Kier alpha value is -8.14. The normalized spacial score (nSPS) is 11.8. The molecule has 0 bridgehead atoms. The van der Waals surface area contributed by atoms with Crippen molar-refractivity contribution in [3.63, 3.8) is 0 Å². The number of non-ortho nitro benzene ring substituents is 2. The van der Waals surface area contributed by atoms with Gasteiger partial charge in [-0.05, 0) is 59.7 Å². The Morgan fingerprint density at radius 1 is 0.518 bits per heavy atom. The minimum atomic E-state index is -0.471. The molecule has 16 nitrogen and oxygen atoms in total. The molecule has 0 aliphatic carbocycles. The molecular formula is C40H32N10O6. The van der Waals surface area contributed by atoms with Crippen LogP contribution in [0.2, 0.25) is 0 Å². The smallest absolute Gasteiger partial charge is 0.269 e. The van der Waals surface area contributed by atoms with Gasteiger partial charge in [-0.2, -0.15) is 10.2 Å². The molecule has 56 heavy (non-hydrogen) atoms. The molecule has 0 amide bonds. The maximum absolute atomic E-state index is 11.0. The zero-order valence-corrected chi connectivity index (χ0v) is 29.9. The summed E-state index contributed by atoms with van der Waals surface area (Å²) >= 11 is 0. The van der Waals surface area contributed by atoms with Crippen molar-refractivity contribution in [3.8, 4) is 22.6 Å². The standard InChI is InChI=1S/C40H32N10O6/c1-55-37-25-29(13-23-35(37)43-47-39(27-9-5-3-6-10-27)45-41-31-15-19-33(20-16-31)49(51)52)30-14-24-36(38(26-30)56-2)44-48-40(28-11-7-4-8-12-28)46-42-32-17-21-34(22-18-32)50(53)54/h3-26,41-42H,1-2H3/b45-39-,46-40-,47-43?,48-44?. The van der Waals surface area contributed by atoms with Gasteiger partial charge in [-0.25, -0.2) is 0 Å². The van der Waals surface area contributed by atoms with Crippen LogP contribution in [0.4, 0.5) is 34.1 Å². The monoisotopic (exact) mass is 748 g/mol. The SMILES string of the molecule is COc1cc(-c2ccc(N=N/C(=N\Nc3ccc([N+](=O)[O-])cc3)c3ccccc3)c(OC)c2)ccc1N=N/C(=N\Nc1ccc([N+](=O)[O-])cc1)c1ccccc1. The summed E-state index contributed by atoms with van der Waals surface area (Å²) in [6, 6.07) is 41.1. The molecule has 6 aromatic rings. The molecule has 0 heterocycles. The zero-order chi connectivity index (χ0) is 39.3. The van der Waals surface area contributed by atoms with Gasteiger partial charge in [-0.15, -0.1) is 20.5 Å². The lowest BCUT2D eigenvalue weighted by atomic mass is 10.0. The molecule has 16 heteroatoms. The van der Waals surface area contributed by atoms with Crippen LogP contribution in [0.1, 0.15) is 11.1 Å². The van der Waals surface area contributed by atoms with Crippen molar-refractivity contribution in [1.82, 2.24) is 0 Å². The van der Waals surface area contributed by atoms with Crippen LogP contribution < -0.4 is 20.3 Å². The third kappa shape index (κ3) is 9.64. The van der Waals surface area contributed by atoms with Crippen molar-refractivity contribution in [1.29, 1.82) is 0 Å². The molecule has 0 saturated carbocycles. The van der Waals surface area contributed by atoms with Gasteiger partial charge >= 0.3 is 0 Å². The fourth-order valence-electron chi connectivity index (χ4n) is 5.10. The number of nitrogens with zero attached hydrogens (tertiary/aromatic N) is 8. The maximum atomic E-state index is 11.0. The number of hydrogen-bond donors (Lipinski definition) is 2. The highest BCUT2D eigenvalue weighted by atomic mass is 16.6. The van der Waals surface area contributed by atoms with E-state index in [9.17, 15) is 20.2 Å². The second kappa shape index (κ2) is 18.1. The van der Waals surface area contributed by atoms with Crippen LogP contribution in [0.25, 0.3) is 11.1 Å². The van der Waals surface area contributed by atoms with E-state index < -0.39 is 9.85 Å². The van der Waals surface area contributed by atoms with Gasteiger partial charge in [0.2, 0.25) is 11.7 Å². The predicted octanol–water partition coefficient (Wildman–Crippen LogP) is 10.3. The molecule has 0 radical (unpaired) electrons. The number of ether oxygens (including phenoxy) is 2. The summed E-state index contributed by atoms with van der Waals surface area (Å²) in [4.78, 5) is 21.1. The van der Waals surface area contributed by atoms with Crippen molar-refractivity contribution in [2.24, 2.45) is 30.7 Å². The fraction of sp³-hybridized carbons (Fsp3) is 0.0500. The van der Waals surface area contributed by atoms with Crippen LogP contribution in [-0.2, 0) is 0 Å². The summed E-state index contributed by atoms with van der Waals surface area (Å²) in [7, 11) is 3.07. The first-order valence-electron chi connectivity index (χ1n) is 16.8. The van der Waals surface area contributed by atoms with Crippen LogP contribution in [-0.4, -0.2) is 35.7 Å². The van der Waals surface area contributed by atoms with Crippen molar-refractivity contribution in [3.05, 3.63) is 177 Å². The number of anilines is 2. The lowest BCUT2D eigenvalue weighted by Gasteiger charge is -2.10. The number of rotatable bonds is 13. The van der Waals surface area contributed by atoms with E-state index in [1.807, 2.05) is 84.9 Å². The Morgan fingerprint density at radius 2 is 0.893 bits per heavy atom. The molecule has 0 fully saturated rings. The number of nitrogens with one attached hydrogen (secondary N) is 2. The molecule has 0 spiro atoms. The van der Waals surface area contributed by atoms with Crippen LogP contribution in [0.5, 0.6) is 11.5 Å². The summed E-state index contributed by atoms with van der Waals surface area (Å²) in [5.74, 6) is 1.45. The largest absolute Gasteiger partial charge is 0.494 e. The quantitative estimate of drug-likeness (QED) is 0.0381. The van der Waals surface area contributed by atoms with Crippen LogP contribution in [0, 0.1) is 20.2 Å². The van der Waals surface area contributed by atoms with E-state index in [0.29, 0.717) is 45.4 Å². The minimum Gasteiger partial charge on any atom is -0.494 e. The van der Waals surface area contributed by atoms with Crippen LogP contribution in [0.15, 0.2) is 176 Å². The molecule has 2 N–H and O–H groups in total. The predicted molar refractivity (Wildman–Crippen MR) is 213 cm³/mol. The number of methoxy groups -OCH3 is 2. The number of nitro benzene ring substituents is 2. The Morgan fingerprint density at radius 3 is 1.23 bits per heavy atom. The molecule has 0 unspecified atom stereocenters. The second-order valence-electron chi connectivity index (χ2n) is 11.6. The van der Waals surface area contributed by atoms with Crippen molar-refractivity contribution in [2.75, 3.05) is 25.1 Å². The lowest BCUT2D eigenvalue weighted by molar-refractivity contribution is -0.385. The summed E-state index contributed by atoms with van der Waals surface area (Å²) in [6.07, 6.45) is 0. The van der Waals surface area contributed by atoms with Crippen LogP contribution in [0.3, 0.4) is 0 Å². The topological polar surface area (TPSA) is 203 Å². The first kappa shape index (κ1) is 37.6. The molecule has 0 aromatic heterocycles. The van der Waals surface area contributed by atoms with Gasteiger partial charge < -0.3 is 9.47 Å². The van der Waals surface area contributed by atoms with E-state index in [-0.39, 0.29) is 23.0 Å². The molecule has 0 aliphatic rings. The lowest BCUT2D eigenvalue weighted by Crippen LogP contribution is -2.01. The van der Waals surface area contributed by atoms with Gasteiger partial charge in [0.1, 0.15) is 22.9 Å². The van der Waals surface area contributed by atoms with Crippen LogP contribution >= 0.6 is 0 Å². The minimum absolute atomic E-state index is 0.0337. The van der Waals surface area contributed by atoms with E-state index in [4.69, 9.17) is 9.47 Å². The van der Waals surface area contributed by atoms with Gasteiger partial charge in [0.05, 0.1) is 35.4 Å². The number of azo groups is 2. The van der Waals surface area contributed by atoms with Crippen molar-refractivity contribution < 1.29 is 19.3 Å². The third-order valence-electron chi connectivity index (χ3n) is 8.00. The summed E-state index contributed by atoms with van der Waals surface area (Å²) in [5, 5.41) is 48.6. The number of amidine groups is 2. The third-order valence-corrected chi connectivity index (χ3v) is 8.00. The number of hydrogen-bond acceptors (Lipinski definition) is 12. The highest BCUT2D eigenvalue weighted by Gasteiger charge is 2.12. The van der Waals surface area contributed by atoms with E-state index in [1.54, 1.807) is 36.4 Å². The molecule has 0 atom stereocenters. The highest BCUT2D eigenvalue weighted by molar-refractivity contribution is 6.00. The Bertz CT molecular complexity index is 2270. The summed E-state index contributed by atoms with van der Waals surface area (Å²) in [5.41, 5.74) is 10.7. The maximum Gasteiger partial charge on any atom is 0.269 e. The van der Waals surface area contributed by atoms with Gasteiger partial charge in [0, 0.05) is 35.4 Å². The van der Waals surface area contributed by atoms with E-state index in [1.165, 1.54) is 38.5 Å². The summed E-state index contributed by atoms with van der Waals surface area (Å²) in [6.45, 7) is 0. The Labute approximate surface area is 319 Å². The number of nitro groups is 2. The van der Waals surface area contributed by atoms with Gasteiger partial charge in [-0.3, -0.25) is 31.1 Å². The molecule has 6 rings (SSSR count). The van der Waals surface area contributed by atoms with E-state index in [2.05, 4.69) is 41.5 Å².